The molecule has 156 valence electrons. The van der Waals surface area contributed by atoms with Crippen molar-refractivity contribution in [3.8, 4) is 5.75 Å². The first kappa shape index (κ1) is 20.9. The highest BCUT2D eigenvalue weighted by Gasteiger charge is 2.24. The van der Waals surface area contributed by atoms with Gasteiger partial charge < -0.3 is 10.4 Å². The van der Waals surface area contributed by atoms with E-state index < -0.39 is 0 Å². The Hall–Kier alpha value is -3.36. The van der Waals surface area contributed by atoms with E-state index in [4.69, 9.17) is 11.6 Å². The van der Waals surface area contributed by atoms with E-state index >= 15 is 0 Å². The van der Waals surface area contributed by atoms with E-state index in [1.807, 2.05) is 6.07 Å². The molecule has 0 spiro atoms. The predicted octanol–water partition coefficient (Wildman–Crippen LogP) is 4.77. The zero-order valence-corrected chi connectivity index (χ0v) is 17.7. The molecule has 0 saturated carbocycles. The van der Waals surface area contributed by atoms with E-state index in [1.54, 1.807) is 48.7 Å². The number of hydrazone groups is 1. The molecular weight excluding hydrogens is 436 g/mol. The molecule has 0 radical (unpaired) electrons. The molecule has 0 saturated heterocycles. The Balaban J connectivity index is 1.53. The van der Waals surface area contributed by atoms with Crippen LogP contribution in [0, 0.1) is 0 Å². The van der Waals surface area contributed by atoms with E-state index in [1.165, 1.54) is 17.3 Å². The molecule has 2 N–H and O–H groups in total. The van der Waals surface area contributed by atoms with Gasteiger partial charge in [-0.05, 0) is 48.0 Å². The van der Waals surface area contributed by atoms with Gasteiger partial charge in [-0.15, -0.1) is 0 Å². The van der Waals surface area contributed by atoms with Crippen molar-refractivity contribution in [1.82, 2.24) is 9.99 Å². The van der Waals surface area contributed by atoms with Gasteiger partial charge in [-0.25, -0.2) is 5.01 Å². The molecule has 2 aromatic carbocycles. The number of aromatic hydroxyl groups is 1. The number of thioether (sulfide) groups is 1. The molecule has 1 aliphatic heterocycles. The number of anilines is 1. The number of nitrogens with zero attached hydrogens (tertiary/aromatic N) is 3. The molecular formula is C22H17ClN4O3S. The van der Waals surface area contributed by atoms with Crippen LogP contribution in [0.1, 0.15) is 21.5 Å². The average Bonchev–Trinajstić information content (AvgIpc) is 2.78. The van der Waals surface area contributed by atoms with Gasteiger partial charge in [0, 0.05) is 34.4 Å². The van der Waals surface area contributed by atoms with E-state index in [0.29, 0.717) is 33.3 Å². The zero-order valence-electron chi connectivity index (χ0n) is 16.2. The minimum atomic E-state index is -0.272. The zero-order chi connectivity index (χ0) is 21.8. The second kappa shape index (κ2) is 9.20. The number of pyridine rings is 1. The van der Waals surface area contributed by atoms with Crippen molar-refractivity contribution in [2.75, 3.05) is 11.1 Å². The summed E-state index contributed by atoms with van der Waals surface area (Å²) in [6.45, 7) is 0.216. The molecule has 0 fully saturated rings. The summed E-state index contributed by atoms with van der Waals surface area (Å²) < 4.78 is 0. The monoisotopic (exact) mass is 452 g/mol. The topological polar surface area (TPSA) is 94.9 Å². The highest BCUT2D eigenvalue weighted by molar-refractivity contribution is 8.14. The number of rotatable bonds is 5. The lowest BCUT2D eigenvalue weighted by Crippen LogP contribution is -2.29. The van der Waals surface area contributed by atoms with Gasteiger partial charge in [0.2, 0.25) is 0 Å². The number of aromatic nitrogens is 1. The van der Waals surface area contributed by atoms with Crippen LogP contribution in [0.3, 0.4) is 0 Å². The van der Waals surface area contributed by atoms with Gasteiger partial charge in [0.25, 0.3) is 5.91 Å². The van der Waals surface area contributed by atoms with Crippen LogP contribution in [-0.2, 0) is 6.54 Å². The normalized spacial score (nSPS) is 13.6. The quantitative estimate of drug-likeness (QED) is 0.581. The van der Waals surface area contributed by atoms with Gasteiger partial charge in [-0.2, -0.15) is 5.10 Å². The first-order valence-electron chi connectivity index (χ1n) is 9.30. The standard InChI is InChI=1S/C22H17ClN4O3S/c23-16-6-7-20(28)18(10-16)19-13-31-22(30)27(26-19)12-14-3-1-5-17(9-14)25-21(29)15-4-2-8-24-11-15/h1-11,28H,12-13H2,(H,25,29). The van der Waals surface area contributed by atoms with Gasteiger partial charge >= 0.3 is 5.24 Å². The lowest BCUT2D eigenvalue weighted by molar-refractivity contribution is 0.102. The largest absolute Gasteiger partial charge is 0.507 e. The maximum atomic E-state index is 12.4. The van der Waals surface area contributed by atoms with Crippen LogP contribution in [-0.4, -0.2) is 37.7 Å². The predicted molar refractivity (Wildman–Crippen MR) is 122 cm³/mol. The summed E-state index contributed by atoms with van der Waals surface area (Å²) in [5.74, 6) is 0.120. The molecule has 0 aliphatic carbocycles. The summed E-state index contributed by atoms with van der Waals surface area (Å²) in [4.78, 5) is 28.7. The van der Waals surface area contributed by atoms with Crippen molar-refractivity contribution in [2.45, 2.75) is 6.54 Å². The summed E-state index contributed by atoms with van der Waals surface area (Å²) in [6.07, 6.45) is 3.09. The number of benzene rings is 2. The number of halogens is 1. The van der Waals surface area contributed by atoms with Crippen LogP contribution in [0.5, 0.6) is 5.75 Å². The van der Waals surface area contributed by atoms with Crippen molar-refractivity contribution in [1.29, 1.82) is 0 Å². The molecule has 2 heterocycles. The SMILES string of the molecule is O=C(Nc1cccc(CN2N=C(c3cc(Cl)ccc3O)CSC2=O)c1)c1cccnc1. The summed E-state index contributed by atoms with van der Waals surface area (Å²) >= 11 is 7.14. The fourth-order valence-electron chi connectivity index (χ4n) is 3.01. The number of hydrogen-bond acceptors (Lipinski definition) is 6. The number of carbonyl (C=O) groups is 2. The van der Waals surface area contributed by atoms with Crippen molar-refractivity contribution >= 4 is 45.9 Å². The number of nitrogens with one attached hydrogen (secondary N) is 1. The summed E-state index contributed by atoms with van der Waals surface area (Å²) in [6, 6.07) is 15.3. The highest BCUT2D eigenvalue weighted by atomic mass is 35.5. The molecule has 0 atom stereocenters. The first-order valence-corrected chi connectivity index (χ1v) is 10.7. The minimum absolute atomic E-state index is 0.0539. The second-order valence-corrected chi connectivity index (χ2v) is 8.08. The van der Waals surface area contributed by atoms with E-state index in [9.17, 15) is 14.7 Å². The second-order valence-electron chi connectivity index (χ2n) is 6.72. The first-order chi connectivity index (χ1) is 15.0. The fourth-order valence-corrected chi connectivity index (χ4v) is 3.91. The van der Waals surface area contributed by atoms with Crippen molar-refractivity contribution in [2.24, 2.45) is 5.10 Å². The Labute approximate surface area is 187 Å². The van der Waals surface area contributed by atoms with Crippen LogP contribution >= 0.6 is 23.4 Å². The number of carbonyl (C=O) groups excluding carboxylic acids is 2. The Morgan fingerprint density at radius 2 is 2.06 bits per heavy atom. The number of amides is 2. The third-order valence-corrected chi connectivity index (χ3v) is 5.61. The van der Waals surface area contributed by atoms with Crippen LogP contribution in [0.15, 0.2) is 72.1 Å². The molecule has 3 aromatic rings. The minimum Gasteiger partial charge on any atom is -0.507 e. The molecule has 1 aliphatic rings. The Bertz CT molecular complexity index is 1170. The van der Waals surface area contributed by atoms with Gasteiger partial charge in [0.15, 0.2) is 0 Å². The Morgan fingerprint density at radius 1 is 1.19 bits per heavy atom. The molecule has 2 amide bonds. The Morgan fingerprint density at radius 3 is 2.87 bits per heavy atom. The van der Waals surface area contributed by atoms with Crippen LogP contribution < -0.4 is 5.32 Å². The number of phenols is 1. The summed E-state index contributed by atoms with van der Waals surface area (Å²) in [7, 11) is 0. The molecule has 1 aromatic heterocycles. The van der Waals surface area contributed by atoms with Crippen LogP contribution in [0.25, 0.3) is 0 Å². The maximum absolute atomic E-state index is 12.4. The summed E-state index contributed by atoms with van der Waals surface area (Å²) in [5.41, 5.74) is 2.89. The number of hydrogen-bond donors (Lipinski definition) is 2. The molecule has 0 unspecified atom stereocenters. The van der Waals surface area contributed by atoms with Gasteiger partial charge in [0.05, 0.1) is 17.8 Å². The average molecular weight is 453 g/mol. The third-order valence-electron chi connectivity index (χ3n) is 4.49. The van der Waals surface area contributed by atoms with Crippen LogP contribution in [0.4, 0.5) is 10.5 Å². The van der Waals surface area contributed by atoms with Gasteiger partial charge in [-0.3, -0.25) is 14.6 Å². The van der Waals surface area contributed by atoms with Crippen LogP contribution in [0.2, 0.25) is 5.02 Å². The van der Waals surface area contributed by atoms with Crippen molar-refractivity contribution in [3.63, 3.8) is 0 Å². The molecule has 0 bridgehead atoms. The fraction of sp³-hybridized carbons (Fsp3) is 0.0909. The van der Waals surface area contributed by atoms with Crippen molar-refractivity contribution < 1.29 is 14.7 Å². The highest BCUT2D eigenvalue weighted by Crippen LogP contribution is 2.28. The van der Waals surface area contributed by atoms with E-state index in [2.05, 4.69) is 15.4 Å². The van der Waals surface area contributed by atoms with Gasteiger partial charge in [0.1, 0.15) is 5.75 Å². The molecule has 9 heteroatoms. The lowest BCUT2D eigenvalue weighted by Gasteiger charge is -2.23. The maximum Gasteiger partial charge on any atom is 0.302 e. The lowest BCUT2D eigenvalue weighted by atomic mass is 10.1. The van der Waals surface area contributed by atoms with Gasteiger partial charge in [-0.1, -0.05) is 35.5 Å². The molecule has 7 nitrogen and oxygen atoms in total. The van der Waals surface area contributed by atoms with E-state index in [0.717, 1.165) is 17.3 Å². The summed E-state index contributed by atoms with van der Waals surface area (Å²) in [5, 5.41) is 19.0. The third kappa shape index (κ3) is 5.04. The molecule has 31 heavy (non-hydrogen) atoms. The Kier molecular flexibility index (Phi) is 6.20. The molecule has 4 rings (SSSR count). The van der Waals surface area contributed by atoms with E-state index in [-0.39, 0.29) is 23.4 Å². The smallest absolute Gasteiger partial charge is 0.302 e. The number of phenolic OH excluding ortho intramolecular Hbond substituents is 1. The van der Waals surface area contributed by atoms with Crippen molar-refractivity contribution in [3.05, 3.63) is 88.7 Å².